The van der Waals surface area contributed by atoms with Crippen LogP contribution in [0.4, 0.5) is 0 Å². The molecule has 2 nitrogen and oxygen atoms in total. The summed E-state index contributed by atoms with van der Waals surface area (Å²) in [5, 5.41) is 3.97. The second kappa shape index (κ2) is 3.22. The van der Waals surface area contributed by atoms with E-state index < -0.39 is 0 Å². The van der Waals surface area contributed by atoms with Crippen LogP contribution in [0.1, 0.15) is 4.95 Å². The van der Waals surface area contributed by atoms with Crippen LogP contribution in [-0.4, -0.2) is 15.7 Å². The molecule has 1 heterocycles. The Morgan fingerprint density at radius 1 is 1.78 bits per heavy atom. The Balaban J connectivity index is 2.65. The molecule has 50 valence electrons. The molecule has 0 aromatic carbocycles. The highest BCUT2D eigenvalue weighted by Crippen LogP contribution is 2.13. The number of alkyl halides is 2. The first-order chi connectivity index (χ1) is 4.34. The van der Waals surface area contributed by atoms with Gasteiger partial charge in [0.05, 0.1) is 5.88 Å². The lowest BCUT2D eigenvalue weighted by atomic mass is 10.7. The topological polar surface area (TPSA) is 17.8 Å². The molecule has 0 fully saturated rings. The van der Waals surface area contributed by atoms with Gasteiger partial charge in [0.2, 0.25) is 0 Å². The Labute approximate surface area is 66.9 Å². The van der Waals surface area contributed by atoms with E-state index >= 15 is 0 Å². The Hall–Kier alpha value is -0.0200. The highest BCUT2D eigenvalue weighted by molar-refractivity contribution is 9.09. The number of hydrogen-bond acceptors (Lipinski definition) is 1. The summed E-state index contributed by atoms with van der Waals surface area (Å²) in [5.41, 5.74) is 0. The van der Waals surface area contributed by atoms with Crippen LogP contribution in [0.2, 0.25) is 0 Å². The van der Waals surface area contributed by atoms with Crippen molar-refractivity contribution < 1.29 is 0 Å². The lowest BCUT2D eigenvalue weighted by Gasteiger charge is -2.03. The van der Waals surface area contributed by atoms with Gasteiger partial charge in [-0.2, -0.15) is 5.10 Å². The van der Waals surface area contributed by atoms with E-state index in [0.29, 0.717) is 5.88 Å². The van der Waals surface area contributed by atoms with E-state index in [9.17, 15) is 0 Å². The van der Waals surface area contributed by atoms with Crippen LogP contribution in [0.3, 0.4) is 0 Å². The Morgan fingerprint density at radius 2 is 2.56 bits per heavy atom. The van der Waals surface area contributed by atoms with E-state index in [1.54, 1.807) is 10.9 Å². The molecule has 0 aliphatic carbocycles. The maximum atomic E-state index is 5.54. The van der Waals surface area contributed by atoms with Crippen molar-refractivity contribution >= 4 is 27.5 Å². The molecular formula is C5H6BrClN2. The summed E-state index contributed by atoms with van der Waals surface area (Å²) in [6.07, 6.45) is 3.59. The van der Waals surface area contributed by atoms with E-state index in [1.165, 1.54) is 0 Å². The molecule has 0 saturated heterocycles. The maximum absolute atomic E-state index is 5.54. The Bertz CT molecular complexity index is 163. The van der Waals surface area contributed by atoms with Gasteiger partial charge >= 0.3 is 0 Å². The third-order valence-electron chi connectivity index (χ3n) is 0.939. The normalized spacial score (nSPS) is 13.6. The number of nitrogens with zero attached hydrogens (tertiary/aromatic N) is 2. The summed E-state index contributed by atoms with van der Waals surface area (Å²) in [5.74, 6) is 0.529. The van der Waals surface area contributed by atoms with Crippen LogP contribution < -0.4 is 0 Å². The van der Waals surface area contributed by atoms with Gasteiger partial charge in [-0.1, -0.05) is 15.9 Å². The molecule has 1 rings (SSSR count). The van der Waals surface area contributed by atoms with Crippen molar-refractivity contribution in [2.24, 2.45) is 0 Å². The molecule has 0 aliphatic heterocycles. The summed E-state index contributed by atoms with van der Waals surface area (Å²) in [4.78, 5) is 0.120. The summed E-state index contributed by atoms with van der Waals surface area (Å²) in [7, 11) is 0. The van der Waals surface area contributed by atoms with E-state index in [2.05, 4.69) is 21.0 Å². The number of rotatable bonds is 2. The summed E-state index contributed by atoms with van der Waals surface area (Å²) in [6, 6.07) is 1.86. The standard InChI is InChI=1S/C5H6BrClN2/c6-5(4-7)9-3-1-2-8-9/h1-3,5H,4H2. The van der Waals surface area contributed by atoms with Gasteiger partial charge in [-0.25, -0.2) is 0 Å². The van der Waals surface area contributed by atoms with Crippen LogP contribution >= 0.6 is 27.5 Å². The van der Waals surface area contributed by atoms with Crippen LogP contribution in [0.15, 0.2) is 18.5 Å². The number of aromatic nitrogens is 2. The van der Waals surface area contributed by atoms with Gasteiger partial charge in [0.1, 0.15) is 4.95 Å². The molecule has 0 spiro atoms. The minimum absolute atomic E-state index is 0.120. The first kappa shape index (κ1) is 7.09. The molecule has 0 bridgehead atoms. The van der Waals surface area contributed by atoms with Gasteiger partial charge in [0, 0.05) is 12.4 Å². The fourth-order valence-electron chi connectivity index (χ4n) is 0.517. The number of halogens is 2. The second-order valence-electron chi connectivity index (χ2n) is 1.57. The van der Waals surface area contributed by atoms with Crippen LogP contribution in [-0.2, 0) is 0 Å². The SMILES string of the molecule is ClCC(Br)n1cccn1. The first-order valence-corrected chi connectivity index (χ1v) is 3.99. The lowest BCUT2D eigenvalue weighted by molar-refractivity contribution is 0.657. The number of hydrogen-bond donors (Lipinski definition) is 0. The molecule has 1 aromatic rings. The van der Waals surface area contributed by atoms with Gasteiger partial charge < -0.3 is 0 Å². The highest BCUT2D eigenvalue weighted by Gasteiger charge is 2.01. The van der Waals surface area contributed by atoms with Gasteiger partial charge in [-0.15, -0.1) is 11.6 Å². The van der Waals surface area contributed by atoms with Crippen molar-refractivity contribution in [3.05, 3.63) is 18.5 Å². The third-order valence-corrected chi connectivity index (χ3v) is 2.35. The molecule has 4 heteroatoms. The fraction of sp³-hybridized carbons (Fsp3) is 0.400. The summed E-state index contributed by atoms with van der Waals surface area (Å²) < 4.78 is 1.76. The Morgan fingerprint density at radius 3 is 3.00 bits per heavy atom. The molecule has 0 saturated carbocycles. The summed E-state index contributed by atoms with van der Waals surface area (Å²) >= 11 is 8.87. The van der Waals surface area contributed by atoms with E-state index in [-0.39, 0.29) is 4.95 Å². The average molecular weight is 209 g/mol. The monoisotopic (exact) mass is 208 g/mol. The predicted octanol–water partition coefficient (Wildman–Crippen LogP) is 2.02. The summed E-state index contributed by atoms with van der Waals surface area (Å²) in [6.45, 7) is 0. The van der Waals surface area contributed by atoms with Crippen molar-refractivity contribution in [2.45, 2.75) is 4.95 Å². The quantitative estimate of drug-likeness (QED) is 0.682. The van der Waals surface area contributed by atoms with Crippen LogP contribution in [0, 0.1) is 0 Å². The molecule has 1 atom stereocenters. The second-order valence-corrected chi connectivity index (χ2v) is 2.94. The Kier molecular flexibility index (Phi) is 2.54. The van der Waals surface area contributed by atoms with E-state index in [1.807, 2.05) is 12.3 Å². The zero-order valence-electron chi connectivity index (χ0n) is 4.67. The first-order valence-electron chi connectivity index (χ1n) is 2.53. The van der Waals surface area contributed by atoms with Gasteiger partial charge in [0.15, 0.2) is 0 Å². The minimum Gasteiger partial charge on any atom is -0.258 e. The van der Waals surface area contributed by atoms with Gasteiger partial charge in [-0.05, 0) is 6.07 Å². The molecular weight excluding hydrogens is 203 g/mol. The maximum Gasteiger partial charge on any atom is 0.120 e. The zero-order valence-corrected chi connectivity index (χ0v) is 7.01. The molecule has 9 heavy (non-hydrogen) atoms. The van der Waals surface area contributed by atoms with Crippen molar-refractivity contribution in [1.82, 2.24) is 9.78 Å². The van der Waals surface area contributed by atoms with E-state index in [0.717, 1.165) is 0 Å². The van der Waals surface area contributed by atoms with Crippen molar-refractivity contribution in [3.8, 4) is 0 Å². The van der Waals surface area contributed by atoms with Gasteiger partial charge in [0.25, 0.3) is 0 Å². The third kappa shape index (κ3) is 1.69. The molecule has 0 N–H and O–H groups in total. The zero-order chi connectivity index (χ0) is 6.69. The van der Waals surface area contributed by atoms with Crippen LogP contribution in [0.5, 0.6) is 0 Å². The van der Waals surface area contributed by atoms with Crippen molar-refractivity contribution in [3.63, 3.8) is 0 Å². The minimum atomic E-state index is 0.120. The molecule has 1 unspecified atom stereocenters. The van der Waals surface area contributed by atoms with Gasteiger partial charge in [-0.3, -0.25) is 4.68 Å². The largest absolute Gasteiger partial charge is 0.258 e. The molecule has 1 aromatic heterocycles. The molecule has 0 radical (unpaired) electrons. The lowest BCUT2D eigenvalue weighted by Crippen LogP contribution is -2.02. The van der Waals surface area contributed by atoms with Crippen molar-refractivity contribution in [2.75, 3.05) is 5.88 Å². The smallest absolute Gasteiger partial charge is 0.120 e. The fourth-order valence-corrected chi connectivity index (χ4v) is 0.901. The predicted molar refractivity (Wildman–Crippen MR) is 40.9 cm³/mol. The van der Waals surface area contributed by atoms with E-state index in [4.69, 9.17) is 11.6 Å². The average Bonchev–Trinajstić information content (AvgIpc) is 2.37. The molecule has 0 aliphatic rings. The van der Waals surface area contributed by atoms with Crippen LogP contribution in [0.25, 0.3) is 0 Å². The highest BCUT2D eigenvalue weighted by atomic mass is 79.9. The van der Waals surface area contributed by atoms with Crippen molar-refractivity contribution in [1.29, 1.82) is 0 Å². The molecule has 0 amide bonds.